The Balaban J connectivity index is 2.44. The van der Waals surface area contributed by atoms with E-state index in [4.69, 9.17) is 4.74 Å². The van der Waals surface area contributed by atoms with Crippen LogP contribution in [0.25, 0.3) is 0 Å². The Morgan fingerprint density at radius 2 is 1.73 bits per heavy atom. The second kappa shape index (κ2) is 8.35. The first-order chi connectivity index (χ1) is 13.6. The molecule has 3 atom stereocenters. The minimum absolute atomic E-state index is 0.375. The standard InChI is InChI=1S/C19H22F6N2O3/c1-9-10(14-11(20)5-6-12(21)15(14)22)7-13(26-17(29)30-18(2,3)4)16(28)27(9)8-19(23,24)25/h5-6,9-10,13H,7-8H2,1-4H3,(H,26,29)/t9-,10-,13+/m0/s1. The summed E-state index contributed by atoms with van der Waals surface area (Å²) in [6.45, 7) is 4.09. The fraction of sp³-hybridized carbons (Fsp3) is 0.579. The van der Waals surface area contributed by atoms with Crippen LogP contribution in [0.2, 0.25) is 0 Å². The molecule has 168 valence electrons. The van der Waals surface area contributed by atoms with Crippen molar-refractivity contribution in [3.63, 3.8) is 0 Å². The number of benzene rings is 1. The molecule has 0 radical (unpaired) electrons. The van der Waals surface area contributed by atoms with Crippen LogP contribution < -0.4 is 5.32 Å². The van der Waals surface area contributed by atoms with Gasteiger partial charge in [-0.3, -0.25) is 4.79 Å². The highest BCUT2D eigenvalue weighted by Gasteiger charge is 2.47. The molecule has 1 N–H and O–H groups in total. The summed E-state index contributed by atoms with van der Waals surface area (Å²) in [6.07, 6.45) is -6.33. The highest BCUT2D eigenvalue weighted by atomic mass is 19.4. The average molecular weight is 440 g/mol. The third-order valence-corrected chi connectivity index (χ3v) is 4.64. The molecular formula is C19H22F6N2O3. The minimum Gasteiger partial charge on any atom is -0.444 e. The van der Waals surface area contributed by atoms with Crippen molar-refractivity contribution in [2.24, 2.45) is 0 Å². The quantitative estimate of drug-likeness (QED) is 0.565. The summed E-state index contributed by atoms with van der Waals surface area (Å²) in [5.41, 5.74) is -1.74. The van der Waals surface area contributed by atoms with Crippen molar-refractivity contribution in [2.75, 3.05) is 6.54 Å². The third-order valence-electron chi connectivity index (χ3n) is 4.64. The molecule has 2 amide bonds. The normalized spacial score (nSPS) is 22.8. The largest absolute Gasteiger partial charge is 0.444 e. The fourth-order valence-corrected chi connectivity index (χ4v) is 3.40. The van der Waals surface area contributed by atoms with Gasteiger partial charge >= 0.3 is 12.3 Å². The highest BCUT2D eigenvalue weighted by molar-refractivity contribution is 5.87. The lowest BCUT2D eigenvalue weighted by atomic mass is 9.81. The lowest BCUT2D eigenvalue weighted by Crippen LogP contribution is -2.60. The van der Waals surface area contributed by atoms with Crippen LogP contribution in [-0.2, 0) is 9.53 Å². The maximum atomic E-state index is 14.3. The number of halogens is 6. The van der Waals surface area contributed by atoms with E-state index in [0.717, 1.165) is 0 Å². The van der Waals surface area contributed by atoms with E-state index in [9.17, 15) is 35.9 Å². The first kappa shape index (κ1) is 23.8. The van der Waals surface area contributed by atoms with Gasteiger partial charge in [0.05, 0.1) is 0 Å². The molecule has 1 aromatic rings. The zero-order chi connectivity index (χ0) is 23.0. The van der Waals surface area contributed by atoms with E-state index in [1.807, 2.05) is 0 Å². The number of likely N-dealkylation sites (tertiary alicyclic amines) is 1. The van der Waals surface area contributed by atoms with E-state index >= 15 is 0 Å². The van der Waals surface area contributed by atoms with Gasteiger partial charge in [0.15, 0.2) is 11.6 Å². The molecule has 1 aliphatic heterocycles. The number of ether oxygens (including phenoxy) is 1. The van der Waals surface area contributed by atoms with Crippen molar-refractivity contribution >= 4 is 12.0 Å². The SMILES string of the molecule is C[C@H]1[C@@H](c2c(F)ccc(F)c2F)C[C@@H](NC(=O)OC(C)(C)C)C(=O)N1CC(F)(F)F. The molecular weight excluding hydrogens is 418 g/mol. The maximum absolute atomic E-state index is 14.3. The van der Waals surface area contributed by atoms with Gasteiger partial charge in [-0.2, -0.15) is 13.2 Å². The number of nitrogens with zero attached hydrogens (tertiary/aromatic N) is 1. The predicted octanol–water partition coefficient (Wildman–Crippen LogP) is 4.26. The van der Waals surface area contributed by atoms with Gasteiger partial charge in [0.2, 0.25) is 5.91 Å². The summed E-state index contributed by atoms with van der Waals surface area (Å²) in [7, 11) is 0. The van der Waals surface area contributed by atoms with Crippen molar-refractivity contribution < 1.29 is 40.7 Å². The van der Waals surface area contributed by atoms with E-state index in [2.05, 4.69) is 5.32 Å². The molecule has 11 heteroatoms. The van der Waals surface area contributed by atoms with Gasteiger partial charge in [-0.25, -0.2) is 18.0 Å². The van der Waals surface area contributed by atoms with Crippen molar-refractivity contribution in [1.29, 1.82) is 0 Å². The van der Waals surface area contributed by atoms with Gasteiger partial charge < -0.3 is 15.0 Å². The van der Waals surface area contributed by atoms with Crippen LogP contribution >= 0.6 is 0 Å². The molecule has 1 heterocycles. The number of amides is 2. The number of piperidine rings is 1. The topological polar surface area (TPSA) is 58.6 Å². The summed E-state index contributed by atoms with van der Waals surface area (Å²) < 4.78 is 86.5. The molecule has 0 unspecified atom stereocenters. The van der Waals surface area contributed by atoms with Crippen molar-refractivity contribution in [3.05, 3.63) is 35.1 Å². The average Bonchev–Trinajstić information content (AvgIpc) is 2.56. The molecule has 0 spiro atoms. The van der Waals surface area contributed by atoms with Crippen LogP contribution in [0.1, 0.15) is 45.6 Å². The van der Waals surface area contributed by atoms with Crippen LogP contribution in [0.5, 0.6) is 0 Å². The maximum Gasteiger partial charge on any atom is 0.408 e. The number of alkyl carbamates (subject to hydrolysis) is 1. The van der Waals surface area contributed by atoms with Gasteiger partial charge in [-0.05, 0) is 46.2 Å². The number of carbonyl (C=O) groups excluding carboxylic acids is 2. The Morgan fingerprint density at radius 1 is 1.17 bits per heavy atom. The minimum atomic E-state index is -4.80. The lowest BCUT2D eigenvalue weighted by molar-refractivity contribution is -0.171. The second-order valence-electron chi connectivity index (χ2n) is 8.12. The molecule has 0 aromatic heterocycles. The molecule has 0 bridgehead atoms. The molecule has 0 saturated carbocycles. The predicted molar refractivity (Wildman–Crippen MR) is 94.1 cm³/mol. The number of hydrogen-bond acceptors (Lipinski definition) is 3. The summed E-state index contributed by atoms with van der Waals surface area (Å²) in [4.78, 5) is 25.0. The van der Waals surface area contributed by atoms with Crippen molar-refractivity contribution in [1.82, 2.24) is 10.2 Å². The summed E-state index contributed by atoms with van der Waals surface area (Å²) in [5.74, 6) is -6.53. The molecule has 2 rings (SSSR count). The van der Waals surface area contributed by atoms with E-state index in [1.165, 1.54) is 27.7 Å². The lowest BCUT2D eigenvalue weighted by Gasteiger charge is -2.43. The number of carbonyl (C=O) groups is 2. The molecule has 5 nitrogen and oxygen atoms in total. The monoisotopic (exact) mass is 440 g/mol. The zero-order valence-corrected chi connectivity index (χ0v) is 16.7. The molecule has 0 aliphatic carbocycles. The van der Waals surface area contributed by atoms with Gasteiger partial charge in [0, 0.05) is 17.5 Å². The van der Waals surface area contributed by atoms with Crippen LogP contribution in [0.15, 0.2) is 12.1 Å². The van der Waals surface area contributed by atoms with E-state index in [1.54, 1.807) is 0 Å². The highest BCUT2D eigenvalue weighted by Crippen LogP contribution is 2.38. The Bertz CT molecular complexity index is 822. The Labute approximate surface area is 169 Å². The summed E-state index contributed by atoms with van der Waals surface area (Å²) in [6, 6.07) is -1.66. The van der Waals surface area contributed by atoms with Crippen molar-refractivity contribution in [2.45, 2.75) is 63.9 Å². The summed E-state index contributed by atoms with van der Waals surface area (Å²) in [5, 5.41) is 2.16. The van der Waals surface area contributed by atoms with E-state index < -0.39 is 77.8 Å². The molecule has 1 fully saturated rings. The number of rotatable bonds is 3. The molecule has 30 heavy (non-hydrogen) atoms. The number of nitrogens with one attached hydrogen (secondary N) is 1. The van der Waals surface area contributed by atoms with Crippen LogP contribution in [-0.4, -0.2) is 47.3 Å². The number of alkyl halides is 3. The molecule has 1 saturated heterocycles. The van der Waals surface area contributed by atoms with Crippen LogP contribution in [0.4, 0.5) is 31.1 Å². The van der Waals surface area contributed by atoms with Gasteiger partial charge in [-0.1, -0.05) is 0 Å². The Kier molecular flexibility index (Phi) is 6.63. The zero-order valence-electron chi connectivity index (χ0n) is 16.7. The number of hydrogen-bond donors (Lipinski definition) is 1. The smallest absolute Gasteiger partial charge is 0.408 e. The van der Waals surface area contributed by atoms with Gasteiger partial charge in [0.1, 0.15) is 24.0 Å². The fourth-order valence-electron chi connectivity index (χ4n) is 3.40. The first-order valence-electron chi connectivity index (χ1n) is 9.11. The third kappa shape index (κ3) is 5.57. The Morgan fingerprint density at radius 3 is 2.27 bits per heavy atom. The van der Waals surface area contributed by atoms with Gasteiger partial charge in [0.25, 0.3) is 0 Å². The Hall–Kier alpha value is -2.46. The van der Waals surface area contributed by atoms with Crippen LogP contribution in [0, 0.1) is 17.5 Å². The molecule has 1 aliphatic rings. The van der Waals surface area contributed by atoms with Crippen LogP contribution in [0.3, 0.4) is 0 Å². The molecule has 1 aromatic carbocycles. The van der Waals surface area contributed by atoms with E-state index in [0.29, 0.717) is 17.0 Å². The van der Waals surface area contributed by atoms with Crippen molar-refractivity contribution in [3.8, 4) is 0 Å². The van der Waals surface area contributed by atoms with E-state index in [-0.39, 0.29) is 0 Å². The van der Waals surface area contributed by atoms with Gasteiger partial charge in [-0.15, -0.1) is 0 Å². The second-order valence-corrected chi connectivity index (χ2v) is 8.12. The summed E-state index contributed by atoms with van der Waals surface area (Å²) >= 11 is 0. The first-order valence-corrected chi connectivity index (χ1v) is 9.11.